The van der Waals surface area contributed by atoms with Crippen LogP contribution in [0.25, 0.3) is 0 Å². The number of allylic oxidation sites excluding steroid dienone is 1. The Balaban J connectivity index is 1.98. The molecule has 0 saturated carbocycles. The molecule has 1 unspecified atom stereocenters. The van der Waals surface area contributed by atoms with E-state index in [1.807, 2.05) is 6.92 Å². The minimum Gasteiger partial charge on any atom is -0.497 e. The average Bonchev–Trinajstić information content (AvgIpc) is 2.63. The molecule has 140 valence electrons. The van der Waals surface area contributed by atoms with E-state index < -0.39 is 10.2 Å². The fraction of sp³-hybridized carbons (Fsp3) is 0.444. The number of nitrogens with zero attached hydrogens (tertiary/aromatic N) is 3. The van der Waals surface area contributed by atoms with Crippen LogP contribution in [0, 0.1) is 0 Å². The van der Waals surface area contributed by atoms with Gasteiger partial charge in [0.15, 0.2) is 0 Å². The van der Waals surface area contributed by atoms with Crippen molar-refractivity contribution in [3.63, 3.8) is 0 Å². The maximum atomic E-state index is 13.0. The molecule has 0 N–H and O–H groups in total. The molecule has 26 heavy (non-hydrogen) atoms. The summed E-state index contributed by atoms with van der Waals surface area (Å²) in [5.41, 5.74) is 0.984. The standard InChI is InChI=1S/C18H23N3O4S/c1-13-6-4-5-11-21(13)18(22)17-12-16(19-26(23,24)20(17)2)14-7-9-15(25-3)10-8-14/h7-10,12-13H,4-6,11H2,1-3H3. The SMILES string of the molecule is COc1ccc(C2=NS(=O)(=O)N(C)C(C(=O)N3CCCCC3C)=C2)cc1. The Bertz CT molecular complexity index is 859. The van der Waals surface area contributed by atoms with Gasteiger partial charge in [-0.25, -0.2) is 4.31 Å². The van der Waals surface area contributed by atoms with Gasteiger partial charge >= 0.3 is 10.2 Å². The Labute approximate surface area is 154 Å². The van der Waals surface area contributed by atoms with E-state index in [2.05, 4.69) is 4.40 Å². The highest BCUT2D eigenvalue weighted by atomic mass is 32.2. The third-order valence-corrected chi connectivity index (χ3v) is 6.16. The van der Waals surface area contributed by atoms with Crippen molar-refractivity contribution in [3.05, 3.63) is 41.6 Å². The van der Waals surface area contributed by atoms with E-state index in [4.69, 9.17) is 4.74 Å². The van der Waals surface area contributed by atoms with Crippen LogP contribution < -0.4 is 4.74 Å². The van der Waals surface area contributed by atoms with Gasteiger partial charge in [0.05, 0.1) is 12.8 Å². The normalized spacial score (nSPS) is 22.5. The number of likely N-dealkylation sites (N-methyl/N-ethyl adjacent to an activating group) is 1. The van der Waals surface area contributed by atoms with E-state index in [9.17, 15) is 13.2 Å². The number of rotatable bonds is 3. The van der Waals surface area contributed by atoms with Gasteiger partial charge in [-0.05, 0) is 56.5 Å². The van der Waals surface area contributed by atoms with Crippen LogP contribution >= 0.6 is 0 Å². The fourth-order valence-electron chi connectivity index (χ4n) is 3.20. The Kier molecular flexibility index (Phi) is 5.04. The number of likely N-dealkylation sites (tertiary alicyclic amines) is 1. The Morgan fingerprint density at radius 1 is 1.23 bits per heavy atom. The number of benzene rings is 1. The van der Waals surface area contributed by atoms with Crippen molar-refractivity contribution in [1.82, 2.24) is 9.21 Å². The van der Waals surface area contributed by atoms with Crippen LogP contribution in [-0.2, 0) is 15.0 Å². The van der Waals surface area contributed by atoms with Crippen LogP contribution in [0.2, 0.25) is 0 Å². The predicted molar refractivity (Wildman–Crippen MR) is 99.3 cm³/mol. The van der Waals surface area contributed by atoms with Gasteiger partial charge in [-0.15, -0.1) is 4.40 Å². The first-order valence-electron chi connectivity index (χ1n) is 8.59. The zero-order chi connectivity index (χ0) is 18.9. The molecule has 3 rings (SSSR count). The molecule has 0 spiro atoms. The lowest BCUT2D eigenvalue weighted by atomic mass is 10.0. The lowest BCUT2D eigenvalue weighted by Crippen LogP contribution is -2.46. The topological polar surface area (TPSA) is 79.3 Å². The molecule has 0 radical (unpaired) electrons. The van der Waals surface area contributed by atoms with E-state index in [1.54, 1.807) is 42.4 Å². The summed E-state index contributed by atoms with van der Waals surface area (Å²) in [6.07, 6.45) is 4.48. The van der Waals surface area contributed by atoms with Crippen molar-refractivity contribution in [2.75, 3.05) is 20.7 Å². The first-order chi connectivity index (χ1) is 12.3. The minimum atomic E-state index is -3.95. The molecular formula is C18H23N3O4S. The maximum Gasteiger partial charge on any atom is 0.345 e. The highest BCUT2D eigenvalue weighted by Crippen LogP contribution is 2.25. The van der Waals surface area contributed by atoms with Crippen LogP contribution in [0.15, 0.2) is 40.4 Å². The number of carbonyl (C=O) groups is 1. The Hall–Kier alpha value is -2.35. The predicted octanol–water partition coefficient (Wildman–Crippen LogP) is 1.96. The zero-order valence-corrected chi connectivity index (χ0v) is 16.0. The van der Waals surface area contributed by atoms with Gasteiger partial charge in [0.1, 0.15) is 11.4 Å². The summed E-state index contributed by atoms with van der Waals surface area (Å²) in [7, 11) is -1.03. The second-order valence-electron chi connectivity index (χ2n) is 6.52. The summed E-state index contributed by atoms with van der Waals surface area (Å²) in [5.74, 6) is 0.386. The molecule has 8 heteroatoms. The molecule has 0 aliphatic carbocycles. The monoisotopic (exact) mass is 377 g/mol. The first kappa shape index (κ1) is 18.4. The van der Waals surface area contributed by atoms with Crippen LogP contribution in [-0.4, -0.2) is 56.0 Å². The molecule has 1 fully saturated rings. The van der Waals surface area contributed by atoms with Gasteiger partial charge in [-0.3, -0.25) is 4.79 Å². The molecule has 0 bridgehead atoms. The second-order valence-corrected chi connectivity index (χ2v) is 8.15. The summed E-state index contributed by atoms with van der Waals surface area (Å²) < 4.78 is 34.9. The molecular weight excluding hydrogens is 354 g/mol. The number of carbonyl (C=O) groups excluding carboxylic acids is 1. The Morgan fingerprint density at radius 2 is 1.92 bits per heavy atom. The number of hydrogen-bond donors (Lipinski definition) is 0. The average molecular weight is 377 g/mol. The van der Waals surface area contributed by atoms with Crippen molar-refractivity contribution in [1.29, 1.82) is 0 Å². The summed E-state index contributed by atoms with van der Waals surface area (Å²) in [6.45, 7) is 2.63. The number of methoxy groups -OCH3 is 1. The molecule has 1 atom stereocenters. The van der Waals surface area contributed by atoms with Crippen LogP contribution in [0.3, 0.4) is 0 Å². The third kappa shape index (κ3) is 3.46. The molecule has 1 saturated heterocycles. The zero-order valence-electron chi connectivity index (χ0n) is 15.2. The molecule has 1 aromatic rings. The van der Waals surface area contributed by atoms with Crippen molar-refractivity contribution < 1.29 is 17.9 Å². The van der Waals surface area contributed by atoms with Crippen LogP contribution in [0.5, 0.6) is 5.75 Å². The van der Waals surface area contributed by atoms with E-state index in [0.29, 0.717) is 17.9 Å². The number of piperidine rings is 1. The van der Waals surface area contributed by atoms with Crippen molar-refractivity contribution in [2.45, 2.75) is 32.2 Å². The van der Waals surface area contributed by atoms with Crippen molar-refractivity contribution in [2.24, 2.45) is 4.40 Å². The minimum absolute atomic E-state index is 0.0940. The van der Waals surface area contributed by atoms with Gasteiger partial charge in [0, 0.05) is 25.2 Å². The summed E-state index contributed by atoms with van der Waals surface area (Å²) in [5, 5.41) is 0. The highest BCUT2D eigenvalue weighted by molar-refractivity contribution is 7.88. The highest BCUT2D eigenvalue weighted by Gasteiger charge is 2.34. The smallest absolute Gasteiger partial charge is 0.345 e. The number of ether oxygens (including phenoxy) is 1. The van der Waals surface area contributed by atoms with Crippen LogP contribution in [0.4, 0.5) is 0 Å². The van der Waals surface area contributed by atoms with Gasteiger partial charge in [-0.2, -0.15) is 8.42 Å². The summed E-state index contributed by atoms with van der Waals surface area (Å²) >= 11 is 0. The fourth-order valence-corrected chi connectivity index (χ4v) is 4.11. The van der Waals surface area contributed by atoms with Gasteiger partial charge in [-0.1, -0.05) is 0 Å². The van der Waals surface area contributed by atoms with Crippen molar-refractivity contribution >= 4 is 21.8 Å². The van der Waals surface area contributed by atoms with Crippen LogP contribution in [0.1, 0.15) is 31.7 Å². The van der Waals surface area contributed by atoms with E-state index in [0.717, 1.165) is 23.6 Å². The van der Waals surface area contributed by atoms with Crippen molar-refractivity contribution in [3.8, 4) is 5.75 Å². The van der Waals surface area contributed by atoms with Gasteiger partial charge in [0.2, 0.25) is 0 Å². The van der Waals surface area contributed by atoms with E-state index in [-0.39, 0.29) is 23.4 Å². The maximum absolute atomic E-state index is 13.0. The third-order valence-electron chi connectivity index (χ3n) is 4.84. The molecule has 2 heterocycles. The number of hydrogen-bond acceptors (Lipinski definition) is 4. The Morgan fingerprint density at radius 3 is 2.54 bits per heavy atom. The van der Waals surface area contributed by atoms with E-state index in [1.165, 1.54) is 7.05 Å². The van der Waals surface area contributed by atoms with Gasteiger partial charge in [0.25, 0.3) is 5.91 Å². The quantitative estimate of drug-likeness (QED) is 0.807. The largest absolute Gasteiger partial charge is 0.497 e. The molecule has 2 aliphatic rings. The van der Waals surface area contributed by atoms with Gasteiger partial charge < -0.3 is 9.64 Å². The molecule has 1 amide bonds. The molecule has 2 aliphatic heterocycles. The first-order valence-corrected chi connectivity index (χ1v) is 9.99. The second kappa shape index (κ2) is 7.11. The lowest BCUT2D eigenvalue weighted by Gasteiger charge is -2.36. The summed E-state index contributed by atoms with van der Waals surface area (Å²) in [6, 6.07) is 6.99. The van der Waals surface area contributed by atoms with E-state index >= 15 is 0 Å². The lowest BCUT2D eigenvalue weighted by molar-refractivity contribution is -0.131. The summed E-state index contributed by atoms with van der Waals surface area (Å²) in [4.78, 5) is 14.8. The molecule has 1 aromatic carbocycles. The molecule has 7 nitrogen and oxygen atoms in total. The molecule has 0 aromatic heterocycles. The number of amides is 1.